The number of benzene rings is 2. The molecule has 0 saturated carbocycles. The Bertz CT molecular complexity index is 813. The van der Waals surface area contributed by atoms with E-state index < -0.39 is 27.1 Å². The molecule has 0 aliphatic heterocycles. The topological polar surface area (TPSA) is 41.1 Å². The molecule has 0 fully saturated rings. The van der Waals surface area contributed by atoms with E-state index in [9.17, 15) is 33.0 Å². The molecule has 2 aromatic carbocycles. The molecule has 144 valence electrons. The average molecular weight is 402 g/mol. The maximum Gasteiger partial charge on any atom is 0.323 e. The molecule has 2 N–H and O–H groups in total. The molecule has 0 aliphatic rings. The minimum atomic E-state index is -9.77. The minimum absolute atomic E-state index is 0.152. The zero-order chi connectivity index (χ0) is 19.9. The number of halogens is 7. The number of nitrogens with one attached hydrogen (secondary N) is 2. The van der Waals surface area contributed by atoms with Crippen molar-refractivity contribution in [3.8, 4) is 0 Å². The molecule has 0 aromatic heterocycles. The molecule has 0 unspecified atom stereocenters. The predicted octanol–water partition coefficient (Wildman–Crippen LogP) is 7.10. The summed E-state index contributed by atoms with van der Waals surface area (Å²) in [5, 5.41) is 4.41. The Kier molecular flexibility index (Phi) is 4.23. The van der Waals surface area contributed by atoms with Crippen LogP contribution in [0.25, 0.3) is 0 Å². The number of hydrogen-bond donors (Lipinski definition) is 2. The van der Waals surface area contributed by atoms with Crippen molar-refractivity contribution in [3.05, 3.63) is 54.1 Å². The summed E-state index contributed by atoms with van der Waals surface area (Å²) in [7, 11) is -9.77. The molecule has 3 nitrogen and oxygen atoms in total. The highest BCUT2D eigenvalue weighted by molar-refractivity contribution is 8.45. The van der Waals surface area contributed by atoms with Crippen LogP contribution < -0.4 is 10.6 Å². The van der Waals surface area contributed by atoms with Crippen LogP contribution >= 0.6 is 10.2 Å². The Balaban J connectivity index is 2.05. The Labute approximate surface area is 143 Å². The summed E-state index contributed by atoms with van der Waals surface area (Å²) >= 11 is 0. The van der Waals surface area contributed by atoms with Gasteiger partial charge < -0.3 is 10.6 Å². The number of carbonyl (C=O) groups excluding carboxylic acids is 1. The molecule has 0 saturated heterocycles. The number of anilines is 2. The van der Waals surface area contributed by atoms with E-state index in [1.807, 2.05) is 0 Å². The van der Waals surface area contributed by atoms with Gasteiger partial charge in [-0.05, 0) is 36.4 Å². The van der Waals surface area contributed by atoms with E-state index in [-0.39, 0.29) is 29.1 Å². The van der Waals surface area contributed by atoms with E-state index in [0.717, 1.165) is 12.1 Å². The summed E-state index contributed by atoms with van der Waals surface area (Å²) in [4.78, 5) is 9.66. The van der Waals surface area contributed by atoms with Gasteiger partial charge >= 0.3 is 16.3 Å². The van der Waals surface area contributed by atoms with Crippen LogP contribution in [0.1, 0.15) is 12.5 Å². The number of rotatable bonds is 4. The van der Waals surface area contributed by atoms with Gasteiger partial charge in [-0.15, -0.1) is 0 Å². The lowest BCUT2D eigenvalue weighted by molar-refractivity contribution is 0.0175. The molecular weight excluding hydrogens is 389 g/mol. The van der Waals surface area contributed by atoms with Gasteiger partial charge in [-0.3, -0.25) is 0 Å². The van der Waals surface area contributed by atoms with Crippen LogP contribution in [0.15, 0.2) is 53.4 Å². The molecule has 2 rings (SSSR count). The maximum absolute atomic E-state index is 13.1. The number of hydrogen-bond acceptors (Lipinski definition) is 1. The van der Waals surface area contributed by atoms with E-state index in [1.54, 1.807) is 0 Å². The summed E-state index contributed by atoms with van der Waals surface area (Å²) in [5.74, 6) is -3.05. The summed E-state index contributed by atoms with van der Waals surface area (Å²) in [6, 6.07) is 5.40. The highest BCUT2D eigenvalue weighted by Crippen LogP contribution is 3.02. The van der Waals surface area contributed by atoms with Gasteiger partial charge in [0.1, 0.15) is 4.90 Å². The van der Waals surface area contributed by atoms with Gasteiger partial charge in [0.2, 0.25) is 0 Å². The second-order valence-electron chi connectivity index (χ2n) is 5.54. The third kappa shape index (κ3) is 5.28. The number of carbonyl (C=O) groups is 1. The number of alkyl halides is 2. The quantitative estimate of drug-likeness (QED) is 0.526. The fourth-order valence-corrected chi connectivity index (χ4v) is 2.59. The monoisotopic (exact) mass is 402 g/mol. The van der Waals surface area contributed by atoms with Gasteiger partial charge in [0.05, 0.1) is 0 Å². The fourth-order valence-electron chi connectivity index (χ4n) is 1.94. The van der Waals surface area contributed by atoms with Crippen molar-refractivity contribution in [2.75, 3.05) is 10.6 Å². The van der Waals surface area contributed by atoms with Gasteiger partial charge in [0, 0.05) is 23.9 Å². The van der Waals surface area contributed by atoms with Gasteiger partial charge in [-0.1, -0.05) is 31.6 Å². The summed E-state index contributed by atoms with van der Waals surface area (Å²) in [6.07, 6.45) is 0. The molecule has 0 atom stereocenters. The first-order valence-electron chi connectivity index (χ1n) is 6.95. The number of amides is 2. The zero-order valence-electron chi connectivity index (χ0n) is 13.1. The molecular formula is C15H13F7N2OS. The summed E-state index contributed by atoms with van der Waals surface area (Å²) in [6.45, 7) is 0.707. The average Bonchev–Trinajstić information content (AvgIpc) is 2.44. The zero-order valence-corrected chi connectivity index (χ0v) is 13.9. The van der Waals surface area contributed by atoms with E-state index in [2.05, 4.69) is 10.6 Å². The standard InChI is InChI=1S/C15H13F7N2OS/c1-15(16,17)10-2-4-11(5-3-10)23-14(25)24-12-6-8-13(9-7-12)26(18,19,20,21)22/h2-9H,1H3,(H2,23,24,25). The molecule has 11 heteroatoms. The number of urea groups is 1. The van der Waals surface area contributed by atoms with Gasteiger partial charge in [-0.2, -0.15) is 0 Å². The van der Waals surface area contributed by atoms with Crippen molar-refractivity contribution in [3.63, 3.8) is 0 Å². The molecule has 0 spiro atoms. The molecule has 26 heavy (non-hydrogen) atoms. The van der Waals surface area contributed by atoms with E-state index in [1.165, 1.54) is 12.1 Å². The van der Waals surface area contributed by atoms with Crippen molar-refractivity contribution in [1.29, 1.82) is 0 Å². The molecule has 2 aromatic rings. The van der Waals surface area contributed by atoms with E-state index in [0.29, 0.717) is 19.1 Å². The van der Waals surface area contributed by atoms with Crippen LogP contribution in [0.5, 0.6) is 0 Å². The van der Waals surface area contributed by atoms with Gasteiger partial charge in [0.25, 0.3) is 5.92 Å². The smallest absolute Gasteiger partial charge is 0.308 e. The van der Waals surface area contributed by atoms with Crippen LogP contribution in [0.2, 0.25) is 0 Å². The third-order valence-corrected chi connectivity index (χ3v) is 4.37. The van der Waals surface area contributed by atoms with Crippen LogP contribution in [0, 0.1) is 0 Å². The minimum Gasteiger partial charge on any atom is -0.308 e. The van der Waals surface area contributed by atoms with Crippen molar-refractivity contribution in [2.45, 2.75) is 17.7 Å². The second-order valence-corrected chi connectivity index (χ2v) is 7.95. The van der Waals surface area contributed by atoms with Crippen LogP contribution in [0.3, 0.4) is 0 Å². The van der Waals surface area contributed by atoms with Crippen LogP contribution in [-0.2, 0) is 5.92 Å². The largest absolute Gasteiger partial charge is 0.323 e. The first kappa shape index (κ1) is 19.9. The molecule has 0 heterocycles. The lowest BCUT2D eigenvalue weighted by Gasteiger charge is -2.40. The first-order valence-corrected chi connectivity index (χ1v) is 8.90. The summed E-state index contributed by atoms with van der Waals surface area (Å²) in [5.41, 5.74) is -0.279. The van der Waals surface area contributed by atoms with Crippen LogP contribution in [-0.4, -0.2) is 6.03 Å². The highest BCUT2D eigenvalue weighted by Gasteiger charge is 2.65. The third-order valence-electron chi connectivity index (χ3n) is 3.21. The van der Waals surface area contributed by atoms with Gasteiger partial charge in [-0.25, -0.2) is 13.6 Å². The van der Waals surface area contributed by atoms with E-state index >= 15 is 0 Å². The van der Waals surface area contributed by atoms with Gasteiger partial charge in [0.15, 0.2) is 0 Å². The molecule has 0 radical (unpaired) electrons. The molecule has 0 bridgehead atoms. The van der Waals surface area contributed by atoms with Crippen molar-refractivity contribution < 1.29 is 33.0 Å². The van der Waals surface area contributed by atoms with Crippen molar-refractivity contribution in [1.82, 2.24) is 0 Å². The Morgan fingerprint density at radius 2 is 1.19 bits per heavy atom. The van der Waals surface area contributed by atoms with E-state index in [4.69, 9.17) is 0 Å². The normalized spacial score (nSPS) is 14.9. The molecule has 2 amide bonds. The summed E-state index contributed by atoms with van der Waals surface area (Å²) < 4.78 is 89.1. The fraction of sp³-hybridized carbons (Fsp3) is 0.133. The van der Waals surface area contributed by atoms with Crippen molar-refractivity contribution in [2.24, 2.45) is 0 Å². The lowest BCUT2D eigenvalue weighted by Crippen LogP contribution is -2.19. The predicted molar refractivity (Wildman–Crippen MR) is 86.5 cm³/mol. The molecule has 0 aliphatic carbocycles. The van der Waals surface area contributed by atoms with Crippen LogP contribution in [0.4, 0.5) is 44.4 Å². The van der Waals surface area contributed by atoms with Crippen molar-refractivity contribution >= 4 is 27.6 Å². The highest BCUT2D eigenvalue weighted by atomic mass is 32.5. The SMILES string of the molecule is CC(F)(F)c1ccc(NC(=O)Nc2ccc(S(F)(F)(F)(F)F)cc2)cc1. The Morgan fingerprint density at radius 3 is 1.54 bits per heavy atom. The maximum atomic E-state index is 13.1. The lowest BCUT2D eigenvalue weighted by atomic mass is 10.1. The Hall–Kier alpha value is -2.43. The first-order chi connectivity index (χ1) is 11.5. The second kappa shape index (κ2) is 5.53. The Morgan fingerprint density at radius 1 is 0.808 bits per heavy atom.